The Morgan fingerprint density at radius 1 is 1.22 bits per heavy atom. The smallest absolute Gasteiger partial charge is 0.416 e. The van der Waals surface area contributed by atoms with Crippen LogP contribution in [0.25, 0.3) is 0 Å². The Bertz CT molecular complexity index is 1160. The van der Waals surface area contributed by atoms with E-state index in [9.17, 15) is 9.00 Å². The van der Waals surface area contributed by atoms with Gasteiger partial charge in [0.1, 0.15) is 11.5 Å². The van der Waals surface area contributed by atoms with Crippen molar-refractivity contribution in [1.29, 1.82) is 0 Å². The zero-order valence-electron chi connectivity index (χ0n) is 17.2. The first-order chi connectivity index (χ1) is 15.5. The van der Waals surface area contributed by atoms with Gasteiger partial charge in [-0.2, -0.15) is 0 Å². The lowest BCUT2D eigenvalue weighted by molar-refractivity contribution is 0.118. The molecular formula is C21H20FN5O4S. The number of nitrogens with zero attached hydrogens (tertiary/aromatic N) is 3. The summed E-state index contributed by atoms with van der Waals surface area (Å²) in [5.41, 5.74) is 1.08. The zero-order valence-corrected chi connectivity index (χ0v) is 18.1. The number of rotatable bonds is 7. The number of hydrogen-bond donors (Lipinski definition) is 2. The number of aromatic nitrogens is 2. The lowest BCUT2D eigenvalue weighted by atomic mass is 10.0. The largest absolute Gasteiger partial charge is 0.424 e. The summed E-state index contributed by atoms with van der Waals surface area (Å²) >= 11 is -1.63. The molecule has 0 saturated heterocycles. The summed E-state index contributed by atoms with van der Waals surface area (Å²) in [4.78, 5) is 22.1. The second kappa shape index (κ2) is 9.28. The van der Waals surface area contributed by atoms with Gasteiger partial charge in [-0.15, -0.1) is 0 Å². The molecule has 1 aromatic heterocycles. The Morgan fingerprint density at radius 3 is 2.75 bits per heavy atom. The van der Waals surface area contributed by atoms with Crippen molar-refractivity contribution in [2.75, 3.05) is 11.8 Å². The van der Waals surface area contributed by atoms with E-state index in [1.807, 2.05) is 0 Å². The molecule has 0 saturated carbocycles. The van der Waals surface area contributed by atoms with Gasteiger partial charge in [0.2, 0.25) is 0 Å². The van der Waals surface area contributed by atoms with E-state index in [-0.39, 0.29) is 23.8 Å². The maximum Gasteiger partial charge on any atom is 0.416 e. The molecular weight excluding hydrogens is 437 g/mol. The number of carbonyl (C=O) groups is 1. The van der Waals surface area contributed by atoms with Crippen molar-refractivity contribution in [1.82, 2.24) is 19.6 Å². The average molecular weight is 457 g/mol. The Kier molecular flexibility index (Phi) is 6.28. The molecule has 1 aliphatic heterocycles. The van der Waals surface area contributed by atoms with Gasteiger partial charge in [0.25, 0.3) is 0 Å². The number of carbonyl (C=O) groups excluding carboxylic acids is 1. The van der Waals surface area contributed by atoms with Gasteiger partial charge in [-0.05, 0) is 38.2 Å². The first-order valence-corrected chi connectivity index (χ1v) is 10.8. The first-order valence-electron chi connectivity index (χ1n) is 9.66. The van der Waals surface area contributed by atoms with Crippen LogP contribution in [0.3, 0.4) is 0 Å². The number of hydrogen-bond acceptors (Lipinski definition) is 6. The Balaban J connectivity index is 1.54. The fourth-order valence-electron chi connectivity index (χ4n) is 3.23. The van der Waals surface area contributed by atoms with E-state index in [2.05, 4.69) is 19.4 Å². The monoisotopic (exact) mass is 457 g/mol. The molecule has 2 heterocycles. The number of fused-ring (bicyclic) bond motifs is 1. The minimum absolute atomic E-state index is 0.0673. The molecule has 0 radical (unpaired) electrons. The zero-order chi connectivity index (χ0) is 22.7. The molecule has 1 aliphatic rings. The van der Waals surface area contributed by atoms with Crippen LogP contribution >= 0.6 is 0 Å². The number of amides is 1. The maximum absolute atomic E-state index is 15.0. The number of anilines is 1. The molecule has 3 aromatic rings. The highest BCUT2D eigenvalue weighted by Crippen LogP contribution is 2.36. The Hall–Kier alpha value is -3.57. The minimum atomic E-state index is -1.63. The van der Waals surface area contributed by atoms with Crippen molar-refractivity contribution in [3.63, 3.8) is 0 Å². The van der Waals surface area contributed by atoms with Crippen LogP contribution < -0.4 is 18.9 Å². The van der Waals surface area contributed by atoms with Crippen LogP contribution in [0.1, 0.15) is 24.1 Å². The van der Waals surface area contributed by atoms with Gasteiger partial charge < -0.3 is 9.47 Å². The van der Waals surface area contributed by atoms with Gasteiger partial charge in [0.05, 0.1) is 18.3 Å². The Labute approximate surface area is 186 Å². The van der Waals surface area contributed by atoms with Gasteiger partial charge >= 0.3 is 12.1 Å². The molecule has 0 fully saturated rings. The predicted octanol–water partition coefficient (Wildman–Crippen LogP) is 3.69. The number of ether oxygens (including phenoxy) is 2. The van der Waals surface area contributed by atoms with E-state index in [0.717, 1.165) is 5.56 Å². The summed E-state index contributed by atoms with van der Waals surface area (Å²) in [6, 6.07) is 11.0. The molecule has 32 heavy (non-hydrogen) atoms. The molecule has 9 nitrogen and oxygen atoms in total. The van der Waals surface area contributed by atoms with Crippen LogP contribution in [-0.4, -0.2) is 32.2 Å². The van der Waals surface area contributed by atoms with E-state index in [0.29, 0.717) is 11.5 Å². The van der Waals surface area contributed by atoms with Crippen molar-refractivity contribution in [2.45, 2.75) is 19.5 Å². The molecule has 0 spiro atoms. The fraction of sp³-hybridized carbons (Fsp3) is 0.190. The maximum atomic E-state index is 15.0. The fourth-order valence-corrected chi connectivity index (χ4v) is 3.69. The van der Waals surface area contributed by atoms with Gasteiger partial charge in [0, 0.05) is 29.6 Å². The van der Waals surface area contributed by atoms with Crippen molar-refractivity contribution < 1.29 is 22.9 Å². The molecule has 4 rings (SSSR count). The highest BCUT2D eigenvalue weighted by molar-refractivity contribution is 7.84. The lowest BCUT2D eigenvalue weighted by Crippen LogP contribution is -2.39. The van der Waals surface area contributed by atoms with E-state index in [1.54, 1.807) is 55.7 Å². The van der Waals surface area contributed by atoms with Gasteiger partial charge in [-0.3, -0.25) is 9.62 Å². The molecule has 166 valence electrons. The third kappa shape index (κ3) is 4.53. The quantitative estimate of drug-likeness (QED) is 0.561. The van der Waals surface area contributed by atoms with E-state index in [1.165, 1.54) is 18.0 Å². The van der Waals surface area contributed by atoms with E-state index in [4.69, 9.17) is 9.47 Å². The van der Waals surface area contributed by atoms with Gasteiger partial charge in [-0.1, -0.05) is 12.1 Å². The van der Waals surface area contributed by atoms with Crippen LogP contribution in [0.4, 0.5) is 14.9 Å². The van der Waals surface area contributed by atoms with Crippen molar-refractivity contribution in [3.05, 3.63) is 71.8 Å². The second-order valence-electron chi connectivity index (χ2n) is 6.86. The molecule has 2 aromatic carbocycles. The molecule has 2 atom stereocenters. The number of halogens is 1. The van der Waals surface area contributed by atoms with Gasteiger partial charge in [-0.25, -0.2) is 28.1 Å². The molecule has 1 amide bonds. The van der Waals surface area contributed by atoms with Crippen LogP contribution in [0, 0.1) is 5.82 Å². The highest BCUT2D eigenvalue weighted by Gasteiger charge is 2.31. The third-order valence-corrected chi connectivity index (χ3v) is 5.67. The topological polar surface area (TPSA) is 106 Å². The van der Waals surface area contributed by atoms with Crippen LogP contribution in [-0.2, 0) is 17.7 Å². The normalized spacial score (nSPS) is 14.8. The molecule has 11 heteroatoms. The summed E-state index contributed by atoms with van der Waals surface area (Å²) in [7, 11) is 1.48. The summed E-state index contributed by atoms with van der Waals surface area (Å²) in [5, 5.41) is 0. The lowest BCUT2D eigenvalue weighted by Gasteiger charge is -2.33. The van der Waals surface area contributed by atoms with E-state index >= 15 is 4.39 Å². The predicted molar refractivity (Wildman–Crippen MR) is 116 cm³/mol. The van der Waals surface area contributed by atoms with E-state index < -0.39 is 29.1 Å². The third-order valence-electron chi connectivity index (χ3n) is 4.90. The van der Waals surface area contributed by atoms with Crippen molar-refractivity contribution >= 4 is 23.0 Å². The van der Waals surface area contributed by atoms with Gasteiger partial charge in [0.15, 0.2) is 17.0 Å². The average Bonchev–Trinajstić information content (AvgIpc) is 2.80. The molecule has 0 bridgehead atoms. The first kappa shape index (κ1) is 21.7. The molecule has 0 aliphatic carbocycles. The van der Waals surface area contributed by atoms with Crippen LogP contribution in [0.15, 0.2) is 54.9 Å². The summed E-state index contributed by atoms with van der Waals surface area (Å²) in [6.07, 6.45) is 2.50. The standard InChI is InChI=1S/C21H20FN5O4S/c1-13(16-5-3-6-17(19(16)22)26-32(29)23-2)27-12-14-7-8-15(11-18(14)31-21(27)28)30-20-24-9-4-10-25-20/h3-11,13,23,26H,12H2,1-2H3. The Morgan fingerprint density at radius 2 is 2.00 bits per heavy atom. The summed E-state index contributed by atoms with van der Waals surface area (Å²) < 4.78 is 42.8. The highest BCUT2D eigenvalue weighted by atomic mass is 32.2. The van der Waals surface area contributed by atoms with Crippen molar-refractivity contribution in [2.24, 2.45) is 0 Å². The number of benzene rings is 2. The summed E-state index contributed by atoms with van der Waals surface area (Å²) in [5.74, 6) is 0.188. The summed E-state index contributed by atoms with van der Waals surface area (Å²) in [6.45, 7) is 1.92. The van der Waals surface area contributed by atoms with Crippen molar-refractivity contribution in [3.8, 4) is 17.5 Å². The second-order valence-corrected chi connectivity index (χ2v) is 8.01. The van der Waals surface area contributed by atoms with Crippen LogP contribution in [0.5, 0.6) is 17.5 Å². The van der Waals surface area contributed by atoms with Crippen LogP contribution in [0.2, 0.25) is 0 Å². The minimum Gasteiger partial charge on any atom is -0.424 e. The SMILES string of the molecule is CNS(=O)Nc1cccc(C(C)N2Cc3ccc(Oc4ncccn4)cc3OC2=O)c1F. The molecule has 2 unspecified atom stereocenters. The number of nitrogens with one attached hydrogen (secondary N) is 2. The molecule has 2 N–H and O–H groups in total.